The van der Waals surface area contributed by atoms with E-state index in [0.717, 1.165) is 30.4 Å². The van der Waals surface area contributed by atoms with Crippen LogP contribution in [0.2, 0.25) is 0 Å². The van der Waals surface area contributed by atoms with Crippen molar-refractivity contribution in [2.45, 2.75) is 91.4 Å². The highest BCUT2D eigenvalue weighted by Crippen LogP contribution is 2.31. The predicted molar refractivity (Wildman–Crippen MR) is 156 cm³/mol. The van der Waals surface area contributed by atoms with E-state index in [1.165, 1.54) is 64.2 Å². The van der Waals surface area contributed by atoms with E-state index in [1.54, 1.807) is 24.3 Å². The minimum Gasteiger partial charge on any atom is -0.494 e. The Bertz CT molecular complexity index is 947. The van der Waals surface area contributed by atoms with E-state index < -0.39 is 0 Å². The van der Waals surface area contributed by atoms with Crippen LogP contribution in [-0.4, -0.2) is 19.2 Å². The first kappa shape index (κ1) is 29.8. The molecule has 0 aliphatic heterocycles. The van der Waals surface area contributed by atoms with Gasteiger partial charge in [0.25, 0.3) is 0 Å². The van der Waals surface area contributed by atoms with Crippen molar-refractivity contribution in [2.75, 3.05) is 13.2 Å². The van der Waals surface area contributed by atoms with Crippen molar-refractivity contribution in [3.63, 3.8) is 0 Å². The number of hydrogen-bond donors (Lipinski definition) is 0. The molecule has 0 radical (unpaired) electrons. The van der Waals surface area contributed by atoms with Crippen molar-refractivity contribution in [1.29, 1.82) is 0 Å². The summed E-state index contributed by atoms with van der Waals surface area (Å²) in [5, 5.41) is 0. The lowest BCUT2D eigenvalue weighted by Gasteiger charge is -2.27. The number of ether oxygens (including phenoxy) is 3. The van der Waals surface area contributed by atoms with Crippen molar-refractivity contribution in [1.82, 2.24) is 0 Å². The Morgan fingerprint density at radius 2 is 1.63 bits per heavy atom. The maximum atomic E-state index is 12.6. The van der Waals surface area contributed by atoms with Crippen LogP contribution in [0.3, 0.4) is 0 Å². The zero-order valence-corrected chi connectivity index (χ0v) is 23.8. The summed E-state index contributed by atoms with van der Waals surface area (Å²) in [6.07, 6.45) is 18.2. The van der Waals surface area contributed by atoms with Gasteiger partial charge < -0.3 is 14.2 Å². The maximum Gasteiger partial charge on any atom is 0.343 e. The van der Waals surface area contributed by atoms with E-state index in [1.807, 2.05) is 24.3 Å². The number of esters is 1. The lowest BCUT2D eigenvalue weighted by Crippen LogP contribution is -2.20. The predicted octanol–water partition coefficient (Wildman–Crippen LogP) is 9.43. The van der Waals surface area contributed by atoms with Crippen LogP contribution in [0.4, 0.5) is 0 Å². The number of unbranched alkanes of at least 4 members (excludes halogenated alkanes) is 3. The van der Waals surface area contributed by atoms with Gasteiger partial charge in [0.05, 0.1) is 18.8 Å². The molecule has 0 saturated heterocycles. The third kappa shape index (κ3) is 10.9. The van der Waals surface area contributed by atoms with Gasteiger partial charge in [0.1, 0.15) is 17.2 Å². The molecule has 4 heteroatoms. The summed E-state index contributed by atoms with van der Waals surface area (Å²) in [5.74, 6) is 3.83. The van der Waals surface area contributed by atoms with Crippen LogP contribution in [-0.2, 0) is 0 Å². The molecule has 0 aromatic heterocycles. The average Bonchev–Trinajstić information content (AvgIpc) is 2.95. The van der Waals surface area contributed by atoms with Gasteiger partial charge in [-0.1, -0.05) is 71.4 Å². The Morgan fingerprint density at radius 3 is 2.37 bits per heavy atom. The van der Waals surface area contributed by atoms with Gasteiger partial charge in [0.15, 0.2) is 0 Å². The first-order valence-corrected chi connectivity index (χ1v) is 14.9. The molecule has 0 heterocycles. The first-order valence-electron chi connectivity index (χ1n) is 14.9. The second-order valence-corrected chi connectivity index (χ2v) is 10.9. The largest absolute Gasteiger partial charge is 0.494 e. The molecule has 1 saturated carbocycles. The molecule has 1 aliphatic carbocycles. The fraction of sp³-hybridized carbons (Fsp3) is 0.559. The highest BCUT2D eigenvalue weighted by atomic mass is 16.5. The van der Waals surface area contributed by atoms with Crippen molar-refractivity contribution < 1.29 is 19.0 Å². The van der Waals surface area contributed by atoms with Gasteiger partial charge in [-0.3, -0.25) is 0 Å². The van der Waals surface area contributed by atoms with Crippen LogP contribution in [0.1, 0.15) is 102 Å². The zero-order chi connectivity index (χ0) is 27.0. The van der Waals surface area contributed by atoms with E-state index in [-0.39, 0.29) is 5.97 Å². The van der Waals surface area contributed by atoms with E-state index in [2.05, 4.69) is 32.9 Å². The molecule has 38 heavy (non-hydrogen) atoms. The standard InChI is InChI=1S/C34H48O4/c1-4-6-8-13-28-14-11-15-29(25-28)26-37-32-20-22-33(23-21-32)38-34(35)30-16-18-31(19-17-30)36-24-10-7-9-12-27(3)5-2/h8,13,16-23,27-29H,4-7,9-12,14-15,24-26H2,1-3H3/b13-8+. The minimum absolute atomic E-state index is 0.375. The molecule has 3 atom stereocenters. The third-order valence-corrected chi connectivity index (χ3v) is 7.60. The summed E-state index contributed by atoms with van der Waals surface area (Å²) < 4.78 is 17.5. The highest BCUT2D eigenvalue weighted by molar-refractivity contribution is 5.91. The molecule has 1 fully saturated rings. The molecule has 2 aromatic carbocycles. The number of carbonyl (C=O) groups excluding carboxylic acids is 1. The fourth-order valence-electron chi connectivity index (χ4n) is 4.95. The number of carbonyl (C=O) groups is 1. The Morgan fingerprint density at radius 1 is 0.921 bits per heavy atom. The van der Waals surface area contributed by atoms with Crippen LogP contribution in [0.25, 0.3) is 0 Å². The smallest absolute Gasteiger partial charge is 0.343 e. The molecule has 0 spiro atoms. The van der Waals surface area contributed by atoms with Crippen LogP contribution in [0, 0.1) is 17.8 Å². The summed E-state index contributed by atoms with van der Waals surface area (Å²) in [7, 11) is 0. The molecular weight excluding hydrogens is 472 g/mol. The van der Waals surface area contributed by atoms with Gasteiger partial charge in [-0.25, -0.2) is 4.79 Å². The summed E-state index contributed by atoms with van der Waals surface area (Å²) in [5.41, 5.74) is 0.506. The zero-order valence-electron chi connectivity index (χ0n) is 23.8. The summed E-state index contributed by atoms with van der Waals surface area (Å²) in [6, 6.07) is 14.5. The van der Waals surface area contributed by atoms with Crippen LogP contribution in [0.5, 0.6) is 17.2 Å². The van der Waals surface area contributed by atoms with E-state index in [0.29, 0.717) is 29.8 Å². The molecule has 208 valence electrons. The average molecular weight is 521 g/mol. The maximum absolute atomic E-state index is 12.6. The minimum atomic E-state index is -0.375. The quantitative estimate of drug-likeness (QED) is 0.0957. The van der Waals surface area contributed by atoms with E-state index >= 15 is 0 Å². The molecule has 0 N–H and O–H groups in total. The van der Waals surface area contributed by atoms with E-state index in [9.17, 15) is 4.79 Å². The van der Waals surface area contributed by atoms with Crippen LogP contribution >= 0.6 is 0 Å². The Labute approximate surface area is 230 Å². The summed E-state index contributed by atoms with van der Waals surface area (Å²) in [6.45, 7) is 8.23. The lowest BCUT2D eigenvalue weighted by molar-refractivity contribution is 0.0734. The van der Waals surface area contributed by atoms with Crippen molar-refractivity contribution in [3.05, 3.63) is 66.2 Å². The van der Waals surface area contributed by atoms with Crippen molar-refractivity contribution in [2.24, 2.45) is 17.8 Å². The number of benzene rings is 2. The first-order chi connectivity index (χ1) is 18.6. The van der Waals surface area contributed by atoms with Gasteiger partial charge in [-0.15, -0.1) is 0 Å². The molecular formula is C34H48O4. The SMILES string of the molecule is CCC/C=C/C1CCCC(COc2ccc(OC(=O)c3ccc(OCCCCCC(C)CC)cc3)cc2)C1. The molecule has 1 aliphatic rings. The normalized spacial score (nSPS) is 18.3. The number of allylic oxidation sites excluding steroid dienone is 2. The Hall–Kier alpha value is -2.75. The highest BCUT2D eigenvalue weighted by Gasteiger charge is 2.20. The van der Waals surface area contributed by atoms with Crippen molar-refractivity contribution >= 4 is 5.97 Å². The van der Waals surface area contributed by atoms with Gasteiger partial charge in [0, 0.05) is 0 Å². The van der Waals surface area contributed by atoms with Crippen molar-refractivity contribution in [3.8, 4) is 17.2 Å². The van der Waals surface area contributed by atoms with Gasteiger partial charge >= 0.3 is 5.97 Å². The van der Waals surface area contributed by atoms with Crippen LogP contribution in [0.15, 0.2) is 60.7 Å². The lowest BCUT2D eigenvalue weighted by atomic mass is 9.81. The second kappa shape index (κ2) is 17.0. The van der Waals surface area contributed by atoms with E-state index in [4.69, 9.17) is 14.2 Å². The summed E-state index contributed by atoms with van der Waals surface area (Å²) >= 11 is 0. The molecule has 0 bridgehead atoms. The summed E-state index contributed by atoms with van der Waals surface area (Å²) in [4.78, 5) is 12.6. The van der Waals surface area contributed by atoms with Gasteiger partial charge in [-0.05, 0) is 98.4 Å². The van der Waals surface area contributed by atoms with Gasteiger partial charge in [-0.2, -0.15) is 0 Å². The molecule has 0 amide bonds. The molecule has 4 nitrogen and oxygen atoms in total. The van der Waals surface area contributed by atoms with Crippen LogP contribution < -0.4 is 14.2 Å². The fourth-order valence-corrected chi connectivity index (χ4v) is 4.95. The molecule has 3 rings (SSSR count). The topological polar surface area (TPSA) is 44.8 Å². The number of hydrogen-bond acceptors (Lipinski definition) is 4. The Balaban J connectivity index is 1.36. The third-order valence-electron chi connectivity index (χ3n) is 7.60. The van der Waals surface area contributed by atoms with Gasteiger partial charge in [0.2, 0.25) is 0 Å². The second-order valence-electron chi connectivity index (χ2n) is 10.9. The number of rotatable bonds is 16. The monoisotopic (exact) mass is 520 g/mol. The Kier molecular flexibility index (Phi) is 13.3. The molecule has 3 unspecified atom stereocenters. The molecule has 2 aromatic rings.